The zero-order valence-corrected chi connectivity index (χ0v) is 11.3. The second-order valence-corrected chi connectivity index (χ2v) is 4.86. The number of aromatic hydroxyl groups is 1. The van der Waals surface area contributed by atoms with Gasteiger partial charge in [-0.2, -0.15) is 0 Å². The first-order valence-corrected chi connectivity index (χ1v) is 6.60. The molecule has 0 aliphatic heterocycles. The van der Waals surface area contributed by atoms with Crippen LogP contribution in [0.4, 0.5) is 0 Å². The maximum Gasteiger partial charge on any atom is 0.119 e. The van der Waals surface area contributed by atoms with Crippen LogP contribution in [0, 0.1) is 0 Å². The number of methoxy groups -OCH3 is 1. The first-order chi connectivity index (χ1) is 9.76. The highest BCUT2D eigenvalue weighted by atomic mass is 16.5. The van der Waals surface area contributed by atoms with Crippen molar-refractivity contribution in [3.63, 3.8) is 0 Å². The molecule has 2 heteroatoms. The number of hydrogen-bond acceptors (Lipinski definition) is 2. The average molecular weight is 264 g/mol. The van der Waals surface area contributed by atoms with Crippen molar-refractivity contribution >= 4 is 10.8 Å². The summed E-state index contributed by atoms with van der Waals surface area (Å²) in [5, 5.41) is 12.3. The van der Waals surface area contributed by atoms with Gasteiger partial charge in [-0.1, -0.05) is 36.4 Å². The van der Waals surface area contributed by atoms with Crippen LogP contribution in [0.1, 0.15) is 11.1 Å². The van der Waals surface area contributed by atoms with E-state index in [4.69, 9.17) is 4.74 Å². The minimum Gasteiger partial charge on any atom is -0.508 e. The zero-order chi connectivity index (χ0) is 13.9. The summed E-state index contributed by atoms with van der Waals surface area (Å²) in [4.78, 5) is 0. The Bertz CT molecular complexity index is 733. The van der Waals surface area contributed by atoms with Gasteiger partial charge in [0.05, 0.1) is 7.11 Å². The molecular weight excluding hydrogens is 248 g/mol. The van der Waals surface area contributed by atoms with Gasteiger partial charge in [-0.3, -0.25) is 0 Å². The second kappa shape index (κ2) is 5.25. The molecule has 0 unspecified atom stereocenters. The van der Waals surface area contributed by atoms with Gasteiger partial charge in [0.25, 0.3) is 0 Å². The molecule has 20 heavy (non-hydrogen) atoms. The molecule has 2 nitrogen and oxygen atoms in total. The molecule has 0 saturated carbocycles. The van der Waals surface area contributed by atoms with E-state index in [0.29, 0.717) is 5.75 Å². The maximum atomic E-state index is 10.2. The number of benzene rings is 3. The van der Waals surface area contributed by atoms with Gasteiger partial charge in [0.2, 0.25) is 0 Å². The smallest absolute Gasteiger partial charge is 0.119 e. The number of hydrogen-bond donors (Lipinski definition) is 1. The summed E-state index contributed by atoms with van der Waals surface area (Å²) < 4.78 is 5.25. The van der Waals surface area contributed by atoms with Crippen molar-refractivity contribution in [1.29, 1.82) is 0 Å². The fourth-order valence-corrected chi connectivity index (χ4v) is 2.40. The van der Waals surface area contributed by atoms with Gasteiger partial charge in [0.1, 0.15) is 11.5 Å². The molecule has 0 bridgehead atoms. The molecule has 3 aromatic carbocycles. The lowest BCUT2D eigenvalue weighted by molar-refractivity contribution is 0.415. The van der Waals surface area contributed by atoms with Crippen molar-refractivity contribution in [1.82, 2.24) is 0 Å². The van der Waals surface area contributed by atoms with Crippen molar-refractivity contribution in [2.75, 3.05) is 7.11 Å². The predicted molar refractivity (Wildman–Crippen MR) is 81.4 cm³/mol. The maximum absolute atomic E-state index is 10.2. The molecule has 0 radical (unpaired) electrons. The molecule has 0 atom stereocenters. The normalized spacial score (nSPS) is 10.7. The van der Waals surface area contributed by atoms with E-state index in [9.17, 15) is 5.11 Å². The summed E-state index contributed by atoms with van der Waals surface area (Å²) in [5.41, 5.74) is 2.11. The van der Waals surface area contributed by atoms with Crippen LogP contribution in [0.3, 0.4) is 0 Å². The summed E-state index contributed by atoms with van der Waals surface area (Å²) in [5.74, 6) is 1.17. The Labute approximate surface area is 118 Å². The summed E-state index contributed by atoms with van der Waals surface area (Å²) >= 11 is 0. The largest absolute Gasteiger partial charge is 0.508 e. The van der Waals surface area contributed by atoms with E-state index < -0.39 is 0 Å². The topological polar surface area (TPSA) is 29.5 Å². The van der Waals surface area contributed by atoms with Crippen LogP contribution >= 0.6 is 0 Å². The van der Waals surface area contributed by atoms with E-state index in [2.05, 4.69) is 12.1 Å². The van der Waals surface area contributed by atoms with Crippen LogP contribution < -0.4 is 4.74 Å². The van der Waals surface area contributed by atoms with Gasteiger partial charge < -0.3 is 9.84 Å². The third kappa shape index (κ3) is 2.45. The minimum atomic E-state index is 0.339. The first-order valence-electron chi connectivity index (χ1n) is 6.60. The van der Waals surface area contributed by atoms with Crippen LogP contribution in [0.5, 0.6) is 11.5 Å². The first kappa shape index (κ1) is 12.5. The van der Waals surface area contributed by atoms with Crippen LogP contribution in [-0.2, 0) is 6.42 Å². The SMILES string of the molecule is COc1ccc2cc(O)c(Cc3ccccc3)cc2c1. The van der Waals surface area contributed by atoms with Gasteiger partial charge >= 0.3 is 0 Å². The quantitative estimate of drug-likeness (QED) is 0.770. The Kier molecular flexibility index (Phi) is 3.30. The number of phenols is 1. The summed E-state index contributed by atoms with van der Waals surface area (Å²) in [6, 6.07) is 19.8. The van der Waals surface area contributed by atoms with Crippen molar-refractivity contribution in [3.8, 4) is 11.5 Å². The Balaban J connectivity index is 2.04. The fourth-order valence-electron chi connectivity index (χ4n) is 2.40. The highest BCUT2D eigenvalue weighted by Crippen LogP contribution is 2.29. The Morgan fingerprint density at radius 3 is 2.45 bits per heavy atom. The van der Waals surface area contributed by atoms with Crippen molar-refractivity contribution in [2.24, 2.45) is 0 Å². The molecule has 0 spiro atoms. The third-order valence-corrected chi connectivity index (χ3v) is 3.48. The number of rotatable bonds is 3. The molecule has 0 heterocycles. The predicted octanol–water partition coefficient (Wildman–Crippen LogP) is 4.14. The lowest BCUT2D eigenvalue weighted by Gasteiger charge is -2.08. The molecule has 1 N–H and O–H groups in total. The van der Waals surface area contributed by atoms with Gasteiger partial charge in [0, 0.05) is 6.42 Å². The van der Waals surface area contributed by atoms with E-state index in [1.807, 2.05) is 48.5 Å². The number of phenolic OH excluding ortho intramolecular Hbond substituents is 1. The molecule has 100 valence electrons. The fraction of sp³-hybridized carbons (Fsp3) is 0.111. The highest BCUT2D eigenvalue weighted by molar-refractivity contribution is 5.86. The monoisotopic (exact) mass is 264 g/mol. The molecule has 0 aliphatic carbocycles. The third-order valence-electron chi connectivity index (χ3n) is 3.48. The molecule has 0 amide bonds. The van der Waals surface area contributed by atoms with E-state index in [-0.39, 0.29) is 0 Å². The average Bonchev–Trinajstić information content (AvgIpc) is 2.48. The van der Waals surface area contributed by atoms with Crippen LogP contribution in [0.2, 0.25) is 0 Å². The van der Waals surface area contributed by atoms with E-state index in [0.717, 1.165) is 28.5 Å². The van der Waals surface area contributed by atoms with Crippen LogP contribution in [0.25, 0.3) is 10.8 Å². The summed E-state index contributed by atoms with van der Waals surface area (Å²) in [6.45, 7) is 0. The Morgan fingerprint density at radius 2 is 1.70 bits per heavy atom. The summed E-state index contributed by atoms with van der Waals surface area (Å²) in [6.07, 6.45) is 0.722. The van der Waals surface area contributed by atoms with Gasteiger partial charge in [0.15, 0.2) is 0 Å². The molecular formula is C18H16O2. The van der Waals surface area contributed by atoms with Gasteiger partial charge in [-0.15, -0.1) is 0 Å². The molecule has 0 saturated heterocycles. The zero-order valence-electron chi connectivity index (χ0n) is 11.3. The van der Waals surface area contributed by atoms with E-state index in [1.165, 1.54) is 5.56 Å². The standard InChI is InChI=1S/C18H16O2/c1-20-17-8-7-14-12-18(19)16(10-15(14)11-17)9-13-5-3-2-4-6-13/h2-8,10-12,19H,9H2,1H3. The molecule has 3 aromatic rings. The lowest BCUT2D eigenvalue weighted by atomic mass is 10.00. The highest BCUT2D eigenvalue weighted by Gasteiger charge is 2.06. The molecule has 3 rings (SSSR count). The number of fused-ring (bicyclic) bond motifs is 1. The van der Waals surface area contributed by atoms with E-state index >= 15 is 0 Å². The van der Waals surface area contributed by atoms with Crippen molar-refractivity contribution in [3.05, 3.63) is 71.8 Å². The summed E-state index contributed by atoms with van der Waals surface area (Å²) in [7, 11) is 1.66. The Hall–Kier alpha value is -2.48. The van der Waals surface area contributed by atoms with Gasteiger partial charge in [-0.25, -0.2) is 0 Å². The van der Waals surface area contributed by atoms with Crippen molar-refractivity contribution in [2.45, 2.75) is 6.42 Å². The van der Waals surface area contributed by atoms with E-state index in [1.54, 1.807) is 7.11 Å². The van der Waals surface area contributed by atoms with Crippen LogP contribution in [-0.4, -0.2) is 12.2 Å². The molecule has 0 fully saturated rings. The van der Waals surface area contributed by atoms with Crippen molar-refractivity contribution < 1.29 is 9.84 Å². The minimum absolute atomic E-state index is 0.339. The molecule has 0 aliphatic rings. The van der Waals surface area contributed by atoms with Crippen LogP contribution in [0.15, 0.2) is 60.7 Å². The Morgan fingerprint density at radius 1 is 0.900 bits per heavy atom. The van der Waals surface area contributed by atoms with Gasteiger partial charge in [-0.05, 0) is 46.2 Å². The second-order valence-electron chi connectivity index (χ2n) is 4.86. The lowest BCUT2D eigenvalue weighted by Crippen LogP contribution is -1.90. The molecule has 0 aromatic heterocycles. The number of ether oxygens (including phenoxy) is 1.